The van der Waals surface area contributed by atoms with Crippen molar-refractivity contribution in [2.45, 2.75) is 26.2 Å². The molecular weight excluding hydrogens is 424 g/mol. The Labute approximate surface area is 190 Å². The van der Waals surface area contributed by atoms with Gasteiger partial charge in [0.05, 0.1) is 30.1 Å². The summed E-state index contributed by atoms with van der Waals surface area (Å²) in [7, 11) is 0. The van der Waals surface area contributed by atoms with E-state index in [1.54, 1.807) is 27.9 Å². The largest absolute Gasteiger partial charge is 0.457 e. The topological polar surface area (TPSA) is 106 Å². The second-order valence-corrected chi connectivity index (χ2v) is 8.11. The first-order valence-corrected chi connectivity index (χ1v) is 10.8. The van der Waals surface area contributed by atoms with Crippen LogP contribution in [0.15, 0.2) is 48.8 Å². The second kappa shape index (κ2) is 8.68. The van der Waals surface area contributed by atoms with Gasteiger partial charge in [0.2, 0.25) is 0 Å². The molecule has 33 heavy (non-hydrogen) atoms. The predicted octanol–water partition coefficient (Wildman–Crippen LogP) is 2.63. The summed E-state index contributed by atoms with van der Waals surface area (Å²) in [6.07, 6.45) is 2.62. The molecule has 1 amide bonds. The molecular formula is C24H24N4O5. The highest BCUT2D eigenvalue weighted by Gasteiger charge is 2.26. The van der Waals surface area contributed by atoms with Crippen LogP contribution in [0.4, 0.5) is 10.5 Å². The molecule has 3 heterocycles. The van der Waals surface area contributed by atoms with E-state index in [1.807, 2.05) is 37.4 Å². The summed E-state index contributed by atoms with van der Waals surface area (Å²) in [4.78, 5) is 25.1. The van der Waals surface area contributed by atoms with Gasteiger partial charge in [-0.15, -0.1) is 0 Å². The lowest BCUT2D eigenvalue weighted by molar-refractivity contribution is 0.0535. The highest BCUT2D eigenvalue weighted by molar-refractivity contribution is 5.94. The Bertz CT molecular complexity index is 1220. The summed E-state index contributed by atoms with van der Waals surface area (Å²) >= 11 is 0. The van der Waals surface area contributed by atoms with E-state index in [9.17, 15) is 14.7 Å². The van der Waals surface area contributed by atoms with Crippen molar-refractivity contribution in [3.8, 4) is 5.69 Å². The third-order valence-corrected chi connectivity index (χ3v) is 6.04. The minimum absolute atomic E-state index is 0.257. The molecule has 9 nitrogen and oxygen atoms in total. The fraction of sp³-hybridized carbons (Fsp3) is 0.292. The van der Waals surface area contributed by atoms with Crippen LogP contribution in [0, 0.1) is 6.92 Å². The summed E-state index contributed by atoms with van der Waals surface area (Å²) in [6, 6.07) is 11.1. The van der Waals surface area contributed by atoms with Gasteiger partial charge in [0.25, 0.3) is 0 Å². The first kappa shape index (κ1) is 21.2. The van der Waals surface area contributed by atoms with Gasteiger partial charge >= 0.3 is 12.1 Å². The summed E-state index contributed by atoms with van der Waals surface area (Å²) in [5.74, 6) is -0.310. The Balaban J connectivity index is 1.21. The zero-order valence-electron chi connectivity index (χ0n) is 18.2. The smallest absolute Gasteiger partial charge is 0.414 e. The highest BCUT2D eigenvalue weighted by Crippen LogP contribution is 2.29. The Morgan fingerprint density at radius 2 is 2.03 bits per heavy atom. The van der Waals surface area contributed by atoms with Crippen molar-refractivity contribution >= 4 is 17.7 Å². The molecule has 1 atom stereocenters. The lowest BCUT2D eigenvalue weighted by Gasteiger charge is -2.16. The van der Waals surface area contributed by atoms with E-state index in [2.05, 4.69) is 10.4 Å². The molecule has 0 spiro atoms. The second-order valence-electron chi connectivity index (χ2n) is 8.11. The van der Waals surface area contributed by atoms with Crippen LogP contribution >= 0.6 is 0 Å². The quantitative estimate of drug-likeness (QED) is 0.535. The molecule has 0 bridgehead atoms. The van der Waals surface area contributed by atoms with Crippen LogP contribution in [0.25, 0.3) is 5.69 Å². The monoisotopic (exact) mass is 448 g/mol. The number of aromatic nitrogens is 2. The maximum atomic E-state index is 11.8. The summed E-state index contributed by atoms with van der Waals surface area (Å²) < 4.78 is 11.9. The Morgan fingerprint density at radius 3 is 2.85 bits per heavy atom. The zero-order valence-corrected chi connectivity index (χ0v) is 18.2. The van der Waals surface area contributed by atoms with Crippen molar-refractivity contribution in [3.63, 3.8) is 0 Å². The van der Waals surface area contributed by atoms with E-state index in [0.717, 1.165) is 33.6 Å². The maximum Gasteiger partial charge on any atom is 0.414 e. The number of nitrogens with zero attached hydrogens (tertiary/aromatic N) is 3. The Morgan fingerprint density at radius 1 is 1.18 bits per heavy atom. The molecule has 2 aliphatic heterocycles. The molecule has 3 aromatic rings. The van der Waals surface area contributed by atoms with Crippen LogP contribution in [0.3, 0.4) is 0 Å². The molecule has 2 N–H and O–H groups in total. The molecule has 170 valence electrons. The number of ether oxygens (including phenoxy) is 2. The average Bonchev–Trinajstić information content (AvgIpc) is 3.55. The van der Waals surface area contributed by atoms with E-state index >= 15 is 0 Å². The van der Waals surface area contributed by atoms with Crippen LogP contribution in [0.2, 0.25) is 0 Å². The number of esters is 1. The van der Waals surface area contributed by atoms with Crippen molar-refractivity contribution in [2.75, 3.05) is 24.6 Å². The van der Waals surface area contributed by atoms with Crippen molar-refractivity contribution in [1.82, 2.24) is 15.1 Å². The predicted molar refractivity (Wildman–Crippen MR) is 119 cm³/mol. The summed E-state index contributed by atoms with van der Waals surface area (Å²) in [6.45, 7) is 3.97. The molecule has 2 aliphatic rings. The van der Waals surface area contributed by atoms with Crippen molar-refractivity contribution in [2.24, 2.45) is 0 Å². The first-order chi connectivity index (χ1) is 16.0. The van der Waals surface area contributed by atoms with Gasteiger partial charge in [-0.25, -0.2) is 14.3 Å². The lowest BCUT2D eigenvalue weighted by atomic mass is 9.95. The summed E-state index contributed by atoms with van der Waals surface area (Å²) in [5.41, 5.74) is 5.67. The molecule has 0 aliphatic carbocycles. The van der Waals surface area contributed by atoms with Crippen molar-refractivity contribution in [3.05, 3.63) is 76.6 Å². The van der Waals surface area contributed by atoms with E-state index in [-0.39, 0.29) is 18.7 Å². The number of aliphatic hydroxyl groups excluding tert-OH is 1. The van der Waals surface area contributed by atoms with Crippen LogP contribution in [-0.2, 0) is 22.6 Å². The van der Waals surface area contributed by atoms with Gasteiger partial charge in [0, 0.05) is 36.1 Å². The van der Waals surface area contributed by atoms with Crippen LogP contribution in [0.5, 0.6) is 0 Å². The number of cyclic esters (lactones) is 2. The van der Waals surface area contributed by atoms with E-state index in [1.165, 1.54) is 0 Å². The fourth-order valence-corrected chi connectivity index (χ4v) is 4.22. The molecule has 2 aromatic carbocycles. The van der Waals surface area contributed by atoms with Crippen LogP contribution in [0.1, 0.15) is 38.7 Å². The first-order valence-electron chi connectivity index (χ1n) is 10.8. The minimum atomic E-state index is -0.710. The molecule has 5 rings (SSSR count). The number of rotatable bonds is 7. The number of anilines is 1. The number of aliphatic hydroxyl groups is 1. The zero-order chi connectivity index (χ0) is 22.9. The van der Waals surface area contributed by atoms with E-state index in [4.69, 9.17) is 9.47 Å². The number of fused-ring (bicyclic) bond motifs is 1. The Kier molecular flexibility index (Phi) is 5.57. The van der Waals surface area contributed by atoms with Gasteiger partial charge in [-0.05, 0) is 42.3 Å². The summed E-state index contributed by atoms with van der Waals surface area (Å²) in [5, 5.41) is 18.3. The van der Waals surface area contributed by atoms with Gasteiger partial charge in [0.1, 0.15) is 13.2 Å². The molecule has 0 radical (unpaired) electrons. The van der Waals surface area contributed by atoms with Gasteiger partial charge in [-0.3, -0.25) is 4.90 Å². The third kappa shape index (κ3) is 4.08. The van der Waals surface area contributed by atoms with Gasteiger partial charge in [-0.1, -0.05) is 12.1 Å². The molecule has 1 aromatic heterocycles. The van der Waals surface area contributed by atoms with Crippen molar-refractivity contribution in [1.29, 1.82) is 0 Å². The van der Waals surface area contributed by atoms with Gasteiger partial charge < -0.3 is 19.9 Å². The number of benzene rings is 2. The number of nitrogens with one attached hydrogen (secondary N) is 1. The van der Waals surface area contributed by atoms with Gasteiger partial charge in [0.15, 0.2) is 0 Å². The molecule has 0 unspecified atom stereocenters. The number of carbonyl (C=O) groups is 2. The Hall–Kier alpha value is -3.69. The van der Waals surface area contributed by atoms with Crippen LogP contribution < -0.4 is 10.2 Å². The molecule has 9 heteroatoms. The number of hydrogen-bond acceptors (Lipinski definition) is 7. The van der Waals surface area contributed by atoms with E-state index in [0.29, 0.717) is 31.8 Å². The lowest BCUT2D eigenvalue weighted by Crippen LogP contribution is -2.23. The fourth-order valence-electron chi connectivity index (χ4n) is 4.22. The van der Waals surface area contributed by atoms with Gasteiger partial charge in [-0.2, -0.15) is 5.10 Å². The third-order valence-electron chi connectivity index (χ3n) is 6.04. The SMILES string of the molecule is Cc1c([C@@H](O)CNCc2cnn(-c3cccc(N4CCOC4=O)c3)c2)ccc2c1COC2=O. The standard InChI is InChI=1S/C24H24N4O5/c1-15-19(5-6-20-21(15)14-33-23(20)30)22(29)12-25-10-16-11-26-28(13-16)18-4-2-3-17(9-18)27-7-8-32-24(27)31/h2-6,9,11,13,22,25,29H,7-8,10,12,14H2,1H3/t22-/m0/s1. The molecule has 1 saturated heterocycles. The maximum absolute atomic E-state index is 11.8. The highest BCUT2D eigenvalue weighted by atomic mass is 16.6. The normalized spacial score (nSPS) is 16.0. The number of amides is 1. The number of carbonyl (C=O) groups excluding carboxylic acids is 2. The molecule has 1 fully saturated rings. The molecule has 0 saturated carbocycles. The van der Waals surface area contributed by atoms with Crippen LogP contribution in [-0.4, -0.2) is 46.6 Å². The van der Waals surface area contributed by atoms with Crippen molar-refractivity contribution < 1.29 is 24.2 Å². The van der Waals surface area contributed by atoms with E-state index < -0.39 is 6.10 Å². The average molecular weight is 448 g/mol. The minimum Gasteiger partial charge on any atom is -0.457 e. The number of hydrogen-bond donors (Lipinski definition) is 2.